The molecule has 0 aromatic heterocycles. The number of urea groups is 1. The van der Waals surface area contributed by atoms with Gasteiger partial charge in [-0.25, -0.2) is 4.79 Å². The first-order valence-corrected chi connectivity index (χ1v) is 11.0. The summed E-state index contributed by atoms with van der Waals surface area (Å²) in [5, 5.41) is 3.12. The molecule has 3 amide bonds. The first-order chi connectivity index (χ1) is 16.1. The van der Waals surface area contributed by atoms with Crippen molar-refractivity contribution >= 4 is 17.6 Å². The number of nitrogens with two attached hydrogens (primary N) is 1. The molecule has 2 aromatic rings. The van der Waals surface area contributed by atoms with Crippen LogP contribution in [0.25, 0.3) is 0 Å². The lowest BCUT2D eigenvalue weighted by Gasteiger charge is -2.30. The predicted molar refractivity (Wildman–Crippen MR) is 124 cm³/mol. The SMILES string of the molecule is CN(C)CCN(Cc1ccccc1C(F)(F)F)C(=O)CNc1cccc2c1CN(C(N)=O)CC2. The molecule has 3 rings (SSSR count). The van der Waals surface area contributed by atoms with Crippen molar-refractivity contribution in [1.29, 1.82) is 0 Å². The number of fused-ring (bicyclic) bond motifs is 1. The van der Waals surface area contributed by atoms with Gasteiger partial charge in [0.2, 0.25) is 5.91 Å². The summed E-state index contributed by atoms with van der Waals surface area (Å²) in [5.74, 6) is -0.320. The zero-order valence-electron chi connectivity index (χ0n) is 19.4. The van der Waals surface area contributed by atoms with E-state index in [9.17, 15) is 22.8 Å². The van der Waals surface area contributed by atoms with Crippen LogP contribution < -0.4 is 11.1 Å². The molecule has 0 spiro atoms. The molecule has 0 aliphatic carbocycles. The number of likely N-dealkylation sites (N-methyl/N-ethyl adjacent to an activating group) is 1. The van der Waals surface area contributed by atoms with E-state index in [1.165, 1.54) is 28.0 Å². The summed E-state index contributed by atoms with van der Waals surface area (Å²) >= 11 is 0. The van der Waals surface area contributed by atoms with Crippen molar-refractivity contribution in [3.05, 3.63) is 64.7 Å². The van der Waals surface area contributed by atoms with Crippen LogP contribution in [0.4, 0.5) is 23.7 Å². The molecular formula is C24H30F3N5O2. The molecule has 1 heterocycles. The Morgan fingerprint density at radius 2 is 1.82 bits per heavy atom. The highest BCUT2D eigenvalue weighted by Gasteiger charge is 2.33. The highest BCUT2D eigenvalue weighted by molar-refractivity contribution is 5.81. The zero-order valence-corrected chi connectivity index (χ0v) is 19.4. The van der Waals surface area contributed by atoms with Crippen molar-refractivity contribution in [2.75, 3.05) is 45.6 Å². The summed E-state index contributed by atoms with van der Waals surface area (Å²) in [4.78, 5) is 29.6. The number of rotatable bonds is 8. The number of alkyl halides is 3. The van der Waals surface area contributed by atoms with Crippen LogP contribution in [0.1, 0.15) is 22.3 Å². The molecule has 2 aromatic carbocycles. The van der Waals surface area contributed by atoms with Crippen molar-refractivity contribution in [2.24, 2.45) is 5.73 Å². The fourth-order valence-electron chi connectivity index (χ4n) is 3.97. The van der Waals surface area contributed by atoms with E-state index in [2.05, 4.69) is 5.32 Å². The number of anilines is 1. The maximum atomic E-state index is 13.5. The quantitative estimate of drug-likeness (QED) is 0.612. The van der Waals surface area contributed by atoms with E-state index in [4.69, 9.17) is 5.73 Å². The van der Waals surface area contributed by atoms with Gasteiger partial charge in [-0.1, -0.05) is 30.3 Å². The smallest absolute Gasteiger partial charge is 0.376 e. The average Bonchev–Trinajstić information content (AvgIpc) is 2.79. The first-order valence-electron chi connectivity index (χ1n) is 11.0. The van der Waals surface area contributed by atoms with Crippen molar-refractivity contribution < 1.29 is 22.8 Å². The molecule has 0 atom stereocenters. The molecule has 184 valence electrons. The Bertz CT molecular complexity index is 1030. The molecule has 0 saturated heterocycles. The van der Waals surface area contributed by atoms with Gasteiger partial charge in [-0.3, -0.25) is 4.79 Å². The van der Waals surface area contributed by atoms with Crippen LogP contribution in [0, 0.1) is 0 Å². The molecule has 1 aliphatic rings. The standard InChI is InChI=1S/C24H30F3N5O2/c1-30(2)12-13-31(15-18-6-3-4-8-20(18)24(25,26)27)22(33)14-29-21-9-5-7-17-10-11-32(23(28)34)16-19(17)21/h3-9,29H,10-16H2,1-2H3,(H2,28,34). The number of carbonyl (C=O) groups excluding carboxylic acids is 2. The van der Waals surface area contributed by atoms with Gasteiger partial charge in [0.1, 0.15) is 0 Å². The predicted octanol–water partition coefficient (Wildman–Crippen LogP) is 3.14. The lowest BCUT2D eigenvalue weighted by molar-refractivity contribution is -0.139. The van der Waals surface area contributed by atoms with Crippen molar-refractivity contribution in [2.45, 2.75) is 25.7 Å². The number of nitrogens with zero attached hydrogens (tertiary/aromatic N) is 3. The maximum Gasteiger partial charge on any atom is 0.416 e. The van der Waals surface area contributed by atoms with E-state index in [1.54, 1.807) is 0 Å². The minimum absolute atomic E-state index is 0.0521. The Morgan fingerprint density at radius 1 is 1.09 bits per heavy atom. The van der Waals surface area contributed by atoms with Gasteiger partial charge < -0.3 is 25.8 Å². The number of hydrogen-bond donors (Lipinski definition) is 2. The van der Waals surface area contributed by atoms with E-state index >= 15 is 0 Å². The summed E-state index contributed by atoms with van der Waals surface area (Å²) in [6.07, 6.45) is -3.84. The number of carbonyl (C=O) groups is 2. The third-order valence-electron chi connectivity index (χ3n) is 5.87. The monoisotopic (exact) mass is 477 g/mol. The van der Waals surface area contributed by atoms with E-state index in [0.717, 1.165) is 17.2 Å². The molecular weight excluding hydrogens is 447 g/mol. The van der Waals surface area contributed by atoms with Gasteiger partial charge in [0.25, 0.3) is 0 Å². The van der Waals surface area contributed by atoms with Crippen molar-refractivity contribution in [3.63, 3.8) is 0 Å². The maximum absolute atomic E-state index is 13.5. The molecule has 0 unspecified atom stereocenters. The van der Waals surface area contributed by atoms with Gasteiger partial charge in [0, 0.05) is 38.4 Å². The number of nitrogens with one attached hydrogen (secondary N) is 1. The highest BCUT2D eigenvalue weighted by atomic mass is 19.4. The van der Waals surface area contributed by atoms with E-state index < -0.39 is 17.8 Å². The van der Waals surface area contributed by atoms with E-state index in [-0.39, 0.29) is 31.1 Å². The summed E-state index contributed by atoms with van der Waals surface area (Å²) in [5.41, 5.74) is 7.41. The molecule has 0 bridgehead atoms. The van der Waals surface area contributed by atoms with Gasteiger partial charge in [0.15, 0.2) is 0 Å². The van der Waals surface area contributed by atoms with Gasteiger partial charge in [-0.05, 0) is 49.3 Å². The Morgan fingerprint density at radius 3 is 2.50 bits per heavy atom. The van der Waals surface area contributed by atoms with Crippen LogP contribution in [0.2, 0.25) is 0 Å². The summed E-state index contributed by atoms with van der Waals surface area (Å²) in [6, 6.07) is 10.5. The second kappa shape index (κ2) is 10.8. The molecule has 0 radical (unpaired) electrons. The number of benzene rings is 2. The van der Waals surface area contributed by atoms with Crippen LogP contribution in [0.15, 0.2) is 42.5 Å². The Kier molecular flexibility index (Phi) is 8.03. The zero-order chi connectivity index (χ0) is 24.9. The van der Waals surface area contributed by atoms with Gasteiger partial charge in [0.05, 0.1) is 12.1 Å². The minimum Gasteiger partial charge on any atom is -0.376 e. The summed E-state index contributed by atoms with van der Waals surface area (Å²) in [6.45, 7) is 1.42. The molecule has 34 heavy (non-hydrogen) atoms. The normalized spacial score (nSPS) is 13.5. The number of primary amides is 1. The molecule has 10 heteroatoms. The second-order valence-electron chi connectivity index (χ2n) is 8.58. The topological polar surface area (TPSA) is 81.9 Å². The number of halogens is 3. The van der Waals surface area contributed by atoms with Crippen LogP contribution in [-0.2, 0) is 30.5 Å². The van der Waals surface area contributed by atoms with Crippen LogP contribution in [0.5, 0.6) is 0 Å². The second-order valence-corrected chi connectivity index (χ2v) is 8.58. The van der Waals surface area contributed by atoms with E-state index in [1.807, 2.05) is 37.2 Å². The fraction of sp³-hybridized carbons (Fsp3) is 0.417. The molecule has 0 fully saturated rings. The Hall–Kier alpha value is -3.27. The van der Waals surface area contributed by atoms with Gasteiger partial charge in [-0.2, -0.15) is 13.2 Å². The van der Waals surface area contributed by atoms with Crippen LogP contribution in [0.3, 0.4) is 0 Å². The number of hydrogen-bond acceptors (Lipinski definition) is 4. The lowest BCUT2D eigenvalue weighted by atomic mass is 9.98. The van der Waals surface area contributed by atoms with Crippen molar-refractivity contribution in [3.8, 4) is 0 Å². The Balaban J connectivity index is 1.76. The third kappa shape index (κ3) is 6.40. The Labute approximate surface area is 197 Å². The van der Waals surface area contributed by atoms with Crippen LogP contribution >= 0.6 is 0 Å². The fourth-order valence-corrected chi connectivity index (χ4v) is 3.97. The highest BCUT2D eigenvalue weighted by Crippen LogP contribution is 2.32. The first kappa shape index (κ1) is 25.4. The largest absolute Gasteiger partial charge is 0.416 e. The minimum atomic E-state index is -4.50. The van der Waals surface area contributed by atoms with Crippen molar-refractivity contribution in [1.82, 2.24) is 14.7 Å². The van der Waals surface area contributed by atoms with Gasteiger partial charge in [-0.15, -0.1) is 0 Å². The molecule has 3 N–H and O–H groups in total. The summed E-state index contributed by atoms with van der Waals surface area (Å²) < 4.78 is 40.4. The third-order valence-corrected chi connectivity index (χ3v) is 5.87. The molecule has 7 nitrogen and oxygen atoms in total. The number of amides is 3. The van der Waals surface area contributed by atoms with Crippen LogP contribution in [-0.4, -0.2) is 66.9 Å². The molecule has 1 aliphatic heterocycles. The lowest BCUT2D eigenvalue weighted by Crippen LogP contribution is -2.41. The van der Waals surface area contributed by atoms with Gasteiger partial charge >= 0.3 is 12.2 Å². The molecule has 0 saturated carbocycles. The average molecular weight is 478 g/mol. The van der Waals surface area contributed by atoms with E-state index in [0.29, 0.717) is 31.7 Å². The summed E-state index contributed by atoms with van der Waals surface area (Å²) in [7, 11) is 3.68.